The van der Waals surface area contributed by atoms with Crippen LogP contribution >= 0.6 is 0 Å². The topological polar surface area (TPSA) is 52.0 Å². The number of rotatable bonds is 4. The average molecular weight is 268 g/mol. The van der Waals surface area contributed by atoms with E-state index in [1.165, 1.54) is 18.4 Å². The van der Waals surface area contributed by atoms with Crippen LogP contribution in [0, 0.1) is 0 Å². The summed E-state index contributed by atoms with van der Waals surface area (Å²) in [5.74, 6) is 1.05. The molecule has 1 atom stereocenters. The van der Waals surface area contributed by atoms with Crippen molar-refractivity contribution in [2.75, 3.05) is 0 Å². The van der Waals surface area contributed by atoms with Gasteiger partial charge in [0.15, 0.2) is 0 Å². The van der Waals surface area contributed by atoms with Crippen LogP contribution in [0.1, 0.15) is 42.2 Å². The molecular formula is C17H20N2O. The molecule has 0 spiro atoms. The van der Waals surface area contributed by atoms with Crippen LogP contribution in [0.2, 0.25) is 0 Å². The summed E-state index contributed by atoms with van der Waals surface area (Å²) in [6.45, 7) is 3.77. The van der Waals surface area contributed by atoms with Gasteiger partial charge in [0.05, 0.1) is 0 Å². The van der Waals surface area contributed by atoms with E-state index in [9.17, 15) is 0 Å². The molecule has 0 saturated carbocycles. The number of benzene rings is 1. The van der Waals surface area contributed by atoms with Gasteiger partial charge in [-0.15, -0.1) is 6.58 Å². The Morgan fingerprint density at radius 3 is 2.95 bits per heavy atom. The maximum Gasteiger partial charge on any atom is 0.140 e. The molecule has 2 N–H and O–H groups in total. The molecule has 0 aliphatic heterocycles. The second kappa shape index (κ2) is 5.63. The molecule has 0 saturated heterocycles. The van der Waals surface area contributed by atoms with E-state index in [1.807, 2.05) is 18.2 Å². The molecule has 0 bridgehead atoms. The number of nitrogens with zero attached hydrogens (tertiary/aromatic N) is 1. The molecule has 2 aromatic rings. The molecule has 1 aromatic carbocycles. The van der Waals surface area contributed by atoms with Gasteiger partial charge in [0.1, 0.15) is 11.5 Å². The molecule has 1 aromatic heterocycles. The van der Waals surface area contributed by atoms with Gasteiger partial charge < -0.3 is 10.3 Å². The summed E-state index contributed by atoms with van der Waals surface area (Å²) in [6.07, 6.45) is 7.08. The van der Waals surface area contributed by atoms with Crippen molar-refractivity contribution in [2.24, 2.45) is 5.73 Å². The first-order chi connectivity index (χ1) is 9.81. The third kappa shape index (κ3) is 2.29. The molecule has 1 unspecified atom stereocenters. The van der Waals surface area contributed by atoms with Gasteiger partial charge in [-0.2, -0.15) is 0 Å². The van der Waals surface area contributed by atoms with Gasteiger partial charge in [0, 0.05) is 23.6 Å². The van der Waals surface area contributed by atoms with E-state index in [0.717, 1.165) is 41.8 Å². The van der Waals surface area contributed by atoms with Crippen LogP contribution in [0.25, 0.3) is 11.3 Å². The van der Waals surface area contributed by atoms with Gasteiger partial charge in [-0.05, 0) is 31.2 Å². The Bertz CT molecular complexity index is 615. The lowest BCUT2D eigenvalue weighted by atomic mass is 9.90. The summed E-state index contributed by atoms with van der Waals surface area (Å²) in [7, 11) is 0. The summed E-state index contributed by atoms with van der Waals surface area (Å²) < 4.78 is 5.53. The van der Waals surface area contributed by atoms with E-state index in [1.54, 1.807) is 0 Å². The van der Waals surface area contributed by atoms with Crippen LogP contribution in [0.4, 0.5) is 0 Å². The Labute approximate surface area is 119 Å². The fraction of sp³-hybridized carbons (Fsp3) is 0.353. The van der Waals surface area contributed by atoms with Crippen molar-refractivity contribution in [3.63, 3.8) is 0 Å². The highest BCUT2D eigenvalue weighted by atomic mass is 16.5. The third-order valence-corrected chi connectivity index (χ3v) is 3.99. The molecule has 3 nitrogen and oxygen atoms in total. The molecule has 20 heavy (non-hydrogen) atoms. The van der Waals surface area contributed by atoms with Crippen LogP contribution in [-0.2, 0) is 12.8 Å². The zero-order valence-electron chi connectivity index (χ0n) is 11.6. The van der Waals surface area contributed by atoms with Crippen molar-refractivity contribution >= 4 is 0 Å². The number of fused-ring (bicyclic) bond motifs is 1. The number of nitrogens with two attached hydrogens (primary N) is 1. The highest BCUT2D eigenvalue weighted by Crippen LogP contribution is 2.34. The molecular weight excluding hydrogens is 248 g/mol. The Morgan fingerprint density at radius 2 is 2.10 bits per heavy atom. The van der Waals surface area contributed by atoms with Gasteiger partial charge >= 0.3 is 0 Å². The largest absolute Gasteiger partial charge is 0.360 e. The lowest BCUT2D eigenvalue weighted by Gasteiger charge is -2.15. The van der Waals surface area contributed by atoms with Gasteiger partial charge in [-0.25, -0.2) is 0 Å². The standard InChI is InChI=1S/C17H20N2O/c1-2-7-15(18)12-8-3-4-9-13(12)17-14-10-5-6-11-16(14)20-19-17/h2-4,8-9,15H,1,5-7,10-11,18H2. The SMILES string of the molecule is C=CCC(N)c1ccccc1-c1noc2c1CCCC2. The maximum atomic E-state index is 6.26. The van der Waals surface area contributed by atoms with E-state index < -0.39 is 0 Å². The smallest absolute Gasteiger partial charge is 0.140 e. The number of aromatic nitrogens is 1. The fourth-order valence-electron chi connectivity index (χ4n) is 2.94. The molecule has 0 radical (unpaired) electrons. The van der Waals surface area contributed by atoms with E-state index in [4.69, 9.17) is 10.3 Å². The van der Waals surface area contributed by atoms with Gasteiger partial charge in [0.2, 0.25) is 0 Å². The van der Waals surface area contributed by atoms with Crippen molar-refractivity contribution in [3.05, 3.63) is 53.8 Å². The number of aryl methyl sites for hydroxylation is 1. The van der Waals surface area contributed by atoms with Gasteiger partial charge in [0.25, 0.3) is 0 Å². The van der Waals surface area contributed by atoms with Crippen molar-refractivity contribution in [3.8, 4) is 11.3 Å². The molecule has 1 aliphatic carbocycles. The zero-order chi connectivity index (χ0) is 13.9. The minimum Gasteiger partial charge on any atom is -0.360 e. The van der Waals surface area contributed by atoms with Crippen LogP contribution < -0.4 is 5.73 Å². The lowest BCUT2D eigenvalue weighted by molar-refractivity contribution is 0.374. The van der Waals surface area contributed by atoms with Gasteiger partial charge in [-0.1, -0.05) is 35.5 Å². The maximum absolute atomic E-state index is 6.26. The molecule has 0 amide bonds. The normalized spacial score (nSPS) is 15.7. The first kappa shape index (κ1) is 13.1. The summed E-state index contributed by atoms with van der Waals surface area (Å²) in [5.41, 5.74) is 10.7. The average Bonchev–Trinajstić information content (AvgIpc) is 2.91. The molecule has 1 aliphatic rings. The minimum atomic E-state index is -0.0420. The second-order valence-electron chi connectivity index (χ2n) is 5.36. The highest BCUT2D eigenvalue weighted by molar-refractivity contribution is 5.68. The van der Waals surface area contributed by atoms with Crippen LogP contribution in [-0.4, -0.2) is 5.16 Å². The zero-order valence-corrected chi connectivity index (χ0v) is 11.6. The molecule has 0 fully saturated rings. The predicted octanol–water partition coefficient (Wildman–Crippen LogP) is 3.80. The van der Waals surface area contributed by atoms with Crippen LogP contribution in [0.3, 0.4) is 0 Å². The monoisotopic (exact) mass is 268 g/mol. The van der Waals surface area contributed by atoms with Crippen molar-refractivity contribution in [2.45, 2.75) is 38.1 Å². The molecule has 3 rings (SSSR count). The number of hydrogen-bond donors (Lipinski definition) is 1. The van der Waals surface area contributed by atoms with Crippen molar-refractivity contribution < 1.29 is 4.52 Å². The molecule has 104 valence electrons. The van der Waals surface area contributed by atoms with E-state index in [0.29, 0.717) is 0 Å². The summed E-state index contributed by atoms with van der Waals surface area (Å²) in [4.78, 5) is 0. The van der Waals surface area contributed by atoms with E-state index in [2.05, 4.69) is 23.9 Å². The Morgan fingerprint density at radius 1 is 1.30 bits per heavy atom. The fourth-order valence-corrected chi connectivity index (χ4v) is 2.94. The van der Waals surface area contributed by atoms with Gasteiger partial charge in [-0.3, -0.25) is 0 Å². The second-order valence-corrected chi connectivity index (χ2v) is 5.36. The Balaban J connectivity index is 2.06. The number of hydrogen-bond acceptors (Lipinski definition) is 3. The summed E-state index contributed by atoms with van der Waals surface area (Å²) in [6, 6.07) is 8.18. The lowest BCUT2D eigenvalue weighted by Crippen LogP contribution is -2.11. The van der Waals surface area contributed by atoms with Crippen molar-refractivity contribution in [1.29, 1.82) is 0 Å². The third-order valence-electron chi connectivity index (χ3n) is 3.99. The molecule has 1 heterocycles. The minimum absolute atomic E-state index is 0.0420. The quantitative estimate of drug-likeness (QED) is 0.858. The van der Waals surface area contributed by atoms with E-state index >= 15 is 0 Å². The highest BCUT2D eigenvalue weighted by Gasteiger charge is 2.22. The first-order valence-corrected chi connectivity index (χ1v) is 7.24. The Kier molecular flexibility index (Phi) is 3.70. The van der Waals surface area contributed by atoms with Crippen LogP contribution in [0.5, 0.6) is 0 Å². The first-order valence-electron chi connectivity index (χ1n) is 7.24. The van der Waals surface area contributed by atoms with E-state index in [-0.39, 0.29) is 6.04 Å². The summed E-state index contributed by atoms with van der Waals surface area (Å²) in [5, 5.41) is 4.31. The molecule has 3 heteroatoms. The summed E-state index contributed by atoms with van der Waals surface area (Å²) >= 11 is 0. The Hall–Kier alpha value is -1.87. The predicted molar refractivity (Wildman–Crippen MR) is 80.3 cm³/mol. The van der Waals surface area contributed by atoms with Crippen LogP contribution in [0.15, 0.2) is 41.4 Å². The van der Waals surface area contributed by atoms with Crippen molar-refractivity contribution in [1.82, 2.24) is 5.16 Å².